The maximum absolute atomic E-state index is 12.4. The number of hydrogen-bond acceptors (Lipinski definition) is 5. The van der Waals surface area contributed by atoms with Crippen LogP contribution in [-0.2, 0) is 0 Å². The molecule has 26 heavy (non-hydrogen) atoms. The number of nitrogens with one attached hydrogen (secondary N) is 2. The predicted octanol–water partition coefficient (Wildman–Crippen LogP) is 3.33. The van der Waals surface area contributed by atoms with Crippen LogP contribution in [0.4, 0.5) is 0 Å². The Balaban J connectivity index is 1.99. The Hall–Kier alpha value is -2.54. The van der Waals surface area contributed by atoms with Crippen molar-refractivity contribution in [3.63, 3.8) is 0 Å². The molecule has 2 amide bonds. The topological polar surface area (TPSA) is 80.3 Å². The molecule has 2 aromatic rings. The molecule has 0 atom stereocenters. The highest BCUT2D eigenvalue weighted by Crippen LogP contribution is 2.24. The van der Waals surface area contributed by atoms with Gasteiger partial charge in [-0.25, -0.2) is 4.98 Å². The molecule has 2 rings (SSSR count). The van der Waals surface area contributed by atoms with E-state index in [1.165, 1.54) is 0 Å². The average molecular weight is 373 g/mol. The number of thioether (sulfide) groups is 1. The molecular formula is C19H23N3O3S. The third kappa shape index (κ3) is 5.77. The first-order valence-electron chi connectivity index (χ1n) is 8.16. The van der Waals surface area contributed by atoms with E-state index >= 15 is 0 Å². The van der Waals surface area contributed by atoms with E-state index in [0.29, 0.717) is 11.5 Å². The number of ether oxygens (including phenoxy) is 1. The van der Waals surface area contributed by atoms with Gasteiger partial charge in [-0.2, -0.15) is 0 Å². The van der Waals surface area contributed by atoms with Gasteiger partial charge in [-0.15, -0.1) is 11.8 Å². The van der Waals surface area contributed by atoms with E-state index in [1.54, 1.807) is 42.2 Å². The number of benzene rings is 1. The average Bonchev–Trinajstić information content (AvgIpc) is 2.59. The van der Waals surface area contributed by atoms with Gasteiger partial charge in [0.1, 0.15) is 11.5 Å². The molecule has 0 saturated carbocycles. The van der Waals surface area contributed by atoms with Gasteiger partial charge in [0.15, 0.2) is 0 Å². The van der Waals surface area contributed by atoms with Crippen molar-refractivity contribution in [1.29, 1.82) is 0 Å². The molecule has 7 heteroatoms. The smallest absolute Gasteiger partial charge is 0.275 e. The lowest BCUT2D eigenvalue weighted by atomic mass is 10.1. The zero-order valence-electron chi connectivity index (χ0n) is 15.3. The summed E-state index contributed by atoms with van der Waals surface area (Å²) in [6.45, 7) is 8.06. The summed E-state index contributed by atoms with van der Waals surface area (Å²) >= 11 is 1.60. The van der Waals surface area contributed by atoms with E-state index < -0.39 is 5.91 Å². The minimum Gasteiger partial charge on any atom is -0.466 e. The molecule has 0 aliphatic heterocycles. The number of rotatable bonds is 5. The Morgan fingerprint density at radius 3 is 2.31 bits per heavy atom. The van der Waals surface area contributed by atoms with Crippen LogP contribution in [0.3, 0.4) is 0 Å². The zero-order chi connectivity index (χ0) is 19.2. The molecule has 1 heterocycles. The number of carbonyl (C=O) groups excluding carboxylic acids is 2. The van der Waals surface area contributed by atoms with Crippen LogP contribution < -0.4 is 15.6 Å². The van der Waals surface area contributed by atoms with E-state index in [1.807, 2.05) is 19.1 Å². The summed E-state index contributed by atoms with van der Waals surface area (Å²) in [7, 11) is 0. The van der Waals surface area contributed by atoms with Crippen LogP contribution >= 0.6 is 11.8 Å². The lowest BCUT2D eigenvalue weighted by Gasteiger charge is -2.18. The second-order valence-corrected chi connectivity index (χ2v) is 8.35. The van der Waals surface area contributed by atoms with Gasteiger partial charge in [0, 0.05) is 16.5 Å². The molecular weight excluding hydrogens is 350 g/mol. The van der Waals surface area contributed by atoms with Gasteiger partial charge in [-0.05, 0) is 30.7 Å². The Morgan fingerprint density at radius 2 is 1.65 bits per heavy atom. The number of aryl methyl sites for hydroxylation is 1. The van der Waals surface area contributed by atoms with Gasteiger partial charge in [0.25, 0.3) is 11.8 Å². The van der Waals surface area contributed by atoms with Crippen molar-refractivity contribution < 1.29 is 14.3 Å². The summed E-state index contributed by atoms with van der Waals surface area (Å²) < 4.78 is 5.66. The van der Waals surface area contributed by atoms with E-state index in [4.69, 9.17) is 4.74 Å². The second kappa shape index (κ2) is 8.71. The molecule has 0 radical (unpaired) electrons. The summed E-state index contributed by atoms with van der Waals surface area (Å²) in [5, 5.41) is 0. The third-order valence-electron chi connectivity index (χ3n) is 3.38. The van der Waals surface area contributed by atoms with Crippen LogP contribution in [0.5, 0.6) is 5.88 Å². The highest BCUT2D eigenvalue weighted by atomic mass is 32.2. The fourth-order valence-corrected chi connectivity index (χ4v) is 2.54. The fourth-order valence-electron chi connectivity index (χ4n) is 2.02. The quantitative estimate of drug-likeness (QED) is 0.621. The van der Waals surface area contributed by atoms with Gasteiger partial charge < -0.3 is 4.74 Å². The highest BCUT2D eigenvalue weighted by molar-refractivity contribution is 8.00. The van der Waals surface area contributed by atoms with Gasteiger partial charge >= 0.3 is 0 Å². The van der Waals surface area contributed by atoms with E-state index in [-0.39, 0.29) is 22.1 Å². The lowest BCUT2D eigenvalue weighted by molar-refractivity contribution is 0.0844. The minimum absolute atomic E-state index is 0.0404. The van der Waals surface area contributed by atoms with Crippen LogP contribution in [-0.4, -0.2) is 27.5 Å². The number of hydrogen-bond donors (Lipinski definition) is 2. The van der Waals surface area contributed by atoms with Gasteiger partial charge in [-0.3, -0.25) is 20.4 Å². The van der Waals surface area contributed by atoms with Crippen molar-refractivity contribution in [3.05, 3.63) is 59.3 Å². The number of hydrazine groups is 1. The molecule has 0 saturated heterocycles. The molecule has 138 valence electrons. The number of amides is 2. The first kappa shape index (κ1) is 19.8. The molecule has 1 aromatic carbocycles. The summed E-state index contributed by atoms with van der Waals surface area (Å²) in [6.07, 6.45) is 1.56. The van der Waals surface area contributed by atoms with Crippen molar-refractivity contribution in [2.45, 2.75) is 32.4 Å². The largest absolute Gasteiger partial charge is 0.466 e. The van der Waals surface area contributed by atoms with Crippen LogP contribution in [0.2, 0.25) is 0 Å². The molecule has 1 aromatic heterocycles. The summed E-state index contributed by atoms with van der Waals surface area (Å²) in [5.41, 5.74) is 6.40. The van der Waals surface area contributed by atoms with Crippen molar-refractivity contribution in [3.8, 4) is 5.88 Å². The van der Waals surface area contributed by atoms with Gasteiger partial charge in [-0.1, -0.05) is 39.0 Å². The molecule has 0 spiro atoms. The number of pyridine rings is 1. The third-order valence-corrected chi connectivity index (χ3v) is 4.48. The minimum atomic E-state index is -0.490. The lowest BCUT2D eigenvalue weighted by Crippen LogP contribution is -2.42. The SMILES string of the molecule is Cc1ccccc1C(=O)NNC(=O)c1cccnc1OCSC(C)(C)C. The van der Waals surface area contributed by atoms with Crippen LogP contribution in [0.25, 0.3) is 0 Å². The predicted molar refractivity (Wildman–Crippen MR) is 103 cm³/mol. The zero-order valence-corrected chi connectivity index (χ0v) is 16.1. The van der Waals surface area contributed by atoms with Crippen molar-refractivity contribution in [2.24, 2.45) is 0 Å². The first-order valence-corrected chi connectivity index (χ1v) is 9.14. The number of carbonyl (C=O) groups is 2. The summed E-state index contributed by atoms with van der Waals surface area (Å²) in [4.78, 5) is 28.7. The maximum Gasteiger partial charge on any atom is 0.275 e. The van der Waals surface area contributed by atoms with Crippen molar-refractivity contribution in [1.82, 2.24) is 15.8 Å². The maximum atomic E-state index is 12.4. The van der Waals surface area contributed by atoms with Crippen LogP contribution in [0.15, 0.2) is 42.6 Å². The second-order valence-electron chi connectivity index (χ2n) is 6.60. The molecule has 2 N–H and O–H groups in total. The van der Waals surface area contributed by atoms with Crippen molar-refractivity contribution in [2.75, 3.05) is 5.94 Å². The Kier molecular flexibility index (Phi) is 6.63. The molecule has 0 aliphatic rings. The Labute approximate surface area is 157 Å². The Bertz CT molecular complexity index is 788. The molecule has 0 unspecified atom stereocenters. The van der Waals surface area contributed by atoms with Gasteiger partial charge in [0.05, 0.1) is 0 Å². The monoisotopic (exact) mass is 373 g/mol. The first-order chi connectivity index (χ1) is 12.3. The summed E-state index contributed by atoms with van der Waals surface area (Å²) in [6, 6.07) is 10.4. The number of aromatic nitrogens is 1. The standard InChI is InChI=1S/C19H23N3O3S/c1-13-8-5-6-9-14(13)16(23)21-22-17(24)15-10-7-11-20-18(15)25-12-26-19(2,3)4/h5-11H,12H2,1-4H3,(H,21,23)(H,22,24). The van der Waals surface area contributed by atoms with E-state index in [2.05, 4.69) is 36.6 Å². The Morgan fingerprint density at radius 1 is 1.04 bits per heavy atom. The van der Waals surface area contributed by atoms with E-state index in [9.17, 15) is 9.59 Å². The van der Waals surface area contributed by atoms with Gasteiger partial charge in [0.2, 0.25) is 5.88 Å². The van der Waals surface area contributed by atoms with Crippen LogP contribution in [0, 0.1) is 6.92 Å². The highest BCUT2D eigenvalue weighted by Gasteiger charge is 2.17. The molecule has 0 bridgehead atoms. The molecule has 6 nitrogen and oxygen atoms in total. The molecule has 0 aliphatic carbocycles. The fraction of sp³-hybridized carbons (Fsp3) is 0.316. The van der Waals surface area contributed by atoms with E-state index in [0.717, 1.165) is 5.56 Å². The number of nitrogens with zero attached hydrogens (tertiary/aromatic N) is 1. The normalized spacial score (nSPS) is 10.9. The van der Waals surface area contributed by atoms with Crippen molar-refractivity contribution >= 4 is 23.6 Å². The summed E-state index contributed by atoms with van der Waals surface area (Å²) in [5.74, 6) is -0.273. The molecule has 0 fully saturated rings. The van der Waals surface area contributed by atoms with Crippen LogP contribution in [0.1, 0.15) is 47.1 Å².